The zero-order valence-electron chi connectivity index (χ0n) is 8.82. The number of hydrogen-bond donors (Lipinski definition) is 0. The van der Waals surface area contributed by atoms with Crippen LogP contribution in [0.15, 0.2) is 5.51 Å². The van der Waals surface area contributed by atoms with Gasteiger partial charge in [0, 0.05) is 4.88 Å². The summed E-state index contributed by atoms with van der Waals surface area (Å²) in [5.41, 5.74) is 3.03. The van der Waals surface area contributed by atoms with Crippen LogP contribution in [0.3, 0.4) is 0 Å². The smallest absolute Gasteiger partial charge is 0.103 e. The van der Waals surface area contributed by atoms with Crippen molar-refractivity contribution in [2.24, 2.45) is 0 Å². The van der Waals surface area contributed by atoms with Gasteiger partial charge in [0.15, 0.2) is 0 Å². The van der Waals surface area contributed by atoms with E-state index < -0.39 is 0 Å². The number of rotatable bonds is 3. The normalized spacial score (nSPS) is 25.3. The first-order valence-electron chi connectivity index (χ1n) is 5.20. The first kappa shape index (κ1) is 11.0. The van der Waals surface area contributed by atoms with Crippen molar-refractivity contribution in [3.63, 3.8) is 0 Å². The summed E-state index contributed by atoms with van der Waals surface area (Å²) in [5.74, 6) is 1.15. The molecule has 2 rings (SSSR count). The van der Waals surface area contributed by atoms with Gasteiger partial charge in [-0.05, 0) is 38.4 Å². The first-order chi connectivity index (χ1) is 7.26. The molecule has 0 bridgehead atoms. The Hall–Kier alpha value is -0.530. The minimum Gasteiger partial charge on any atom is -0.250 e. The summed E-state index contributed by atoms with van der Waals surface area (Å²) in [6, 6.07) is 2.51. The summed E-state index contributed by atoms with van der Waals surface area (Å²) in [5, 5.41) is 9.23. The van der Waals surface area contributed by atoms with Crippen LogP contribution < -0.4 is 0 Å². The van der Waals surface area contributed by atoms with Crippen molar-refractivity contribution in [2.45, 2.75) is 37.4 Å². The third-order valence-corrected chi connectivity index (χ3v) is 5.45. The molecule has 1 aromatic heterocycles. The van der Waals surface area contributed by atoms with Crippen LogP contribution in [-0.4, -0.2) is 15.5 Å². The highest BCUT2D eigenvalue weighted by Crippen LogP contribution is 2.41. The quantitative estimate of drug-likeness (QED) is 0.811. The molecule has 4 heteroatoms. The molecule has 0 aliphatic carbocycles. The van der Waals surface area contributed by atoms with Crippen molar-refractivity contribution >= 4 is 23.1 Å². The summed E-state index contributed by atoms with van der Waals surface area (Å²) >= 11 is 3.55. The second kappa shape index (κ2) is 4.54. The Bertz CT molecular complexity index is 372. The monoisotopic (exact) mass is 238 g/mol. The van der Waals surface area contributed by atoms with Crippen LogP contribution in [0.4, 0.5) is 0 Å². The summed E-state index contributed by atoms with van der Waals surface area (Å²) in [6.07, 6.45) is 4.25. The van der Waals surface area contributed by atoms with Gasteiger partial charge in [0.25, 0.3) is 0 Å². The number of thioether (sulfide) groups is 1. The van der Waals surface area contributed by atoms with Crippen molar-refractivity contribution in [1.82, 2.24) is 4.98 Å². The number of thiazole rings is 1. The Morgan fingerprint density at radius 2 is 2.53 bits per heavy atom. The van der Waals surface area contributed by atoms with Gasteiger partial charge >= 0.3 is 0 Å². The van der Waals surface area contributed by atoms with Crippen LogP contribution in [0.1, 0.15) is 29.8 Å². The Balaban J connectivity index is 1.98. The van der Waals surface area contributed by atoms with Gasteiger partial charge < -0.3 is 0 Å². The molecule has 1 aliphatic heterocycles. The lowest BCUT2D eigenvalue weighted by Gasteiger charge is -2.18. The third-order valence-electron chi connectivity index (χ3n) is 2.91. The molecule has 1 fully saturated rings. The highest BCUT2D eigenvalue weighted by Gasteiger charge is 2.34. The maximum atomic E-state index is 9.23. The molecule has 1 unspecified atom stereocenters. The van der Waals surface area contributed by atoms with Crippen LogP contribution in [0.25, 0.3) is 0 Å². The van der Waals surface area contributed by atoms with Crippen LogP contribution in [0, 0.1) is 18.3 Å². The number of aromatic nitrogens is 1. The van der Waals surface area contributed by atoms with Gasteiger partial charge in [0.1, 0.15) is 4.75 Å². The predicted molar refractivity (Wildman–Crippen MR) is 65.2 cm³/mol. The van der Waals surface area contributed by atoms with Crippen molar-refractivity contribution in [3.8, 4) is 6.07 Å². The standard InChI is InChI=1S/C11H14N2S2/c1-9-10(14-8-13-9)3-5-11(7-12)4-2-6-15-11/h8H,2-6H2,1H3. The number of hydrogen-bond acceptors (Lipinski definition) is 4. The summed E-state index contributed by atoms with van der Waals surface area (Å²) < 4.78 is -0.101. The molecule has 0 N–H and O–H groups in total. The van der Waals surface area contributed by atoms with Gasteiger partial charge in [0.2, 0.25) is 0 Å². The molecular formula is C11H14N2S2. The molecule has 2 heterocycles. The fourth-order valence-corrected chi connectivity index (χ4v) is 3.98. The van der Waals surface area contributed by atoms with Crippen molar-refractivity contribution in [2.75, 3.05) is 5.75 Å². The maximum Gasteiger partial charge on any atom is 0.103 e. The number of nitriles is 1. The van der Waals surface area contributed by atoms with Crippen molar-refractivity contribution in [1.29, 1.82) is 5.26 Å². The zero-order chi connectivity index (χ0) is 10.7. The Labute approximate surface area is 98.7 Å². The predicted octanol–water partition coefficient (Wildman–Crippen LogP) is 3.17. The van der Waals surface area contributed by atoms with Crippen LogP contribution in [-0.2, 0) is 6.42 Å². The molecule has 80 valence electrons. The van der Waals surface area contributed by atoms with Gasteiger partial charge in [-0.15, -0.1) is 23.1 Å². The minimum absolute atomic E-state index is 0.101. The summed E-state index contributed by atoms with van der Waals surface area (Å²) in [7, 11) is 0. The first-order valence-corrected chi connectivity index (χ1v) is 7.06. The average molecular weight is 238 g/mol. The molecule has 0 aromatic carbocycles. The van der Waals surface area contributed by atoms with Crippen molar-refractivity contribution < 1.29 is 0 Å². The molecule has 1 saturated heterocycles. The fourth-order valence-electron chi connectivity index (χ4n) is 1.92. The molecule has 0 radical (unpaired) electrons. The second-order valence-corrected chi connectivity index (χ2v) is 6.34. The summed E-state index contributed by atoms with van der Waals surface area (Å²) in [4.78, 5) is 5.58. The fraction of sp³-hybridized carbons (Fsp3) is 0.636. The van der Waals surface area contributed by atoms with Gasteiger partial charge in [0.05, 0.1) is 17.3 Å². The lowest BCUT2D eigenvalue weighted by Crippen LogP contribution is -2.19. The van der Waals surface area contributed by atoms with Crippen molar-refractivity contribution in [3.05, 3.63) is 16.1 Å². The van der Waals surface area contributed by atoms with Crippen LogP contribution >= 0.6 is 23.1 Å². The number of nitrogens with zero attached hydrogens (tertiary/aromatic N) is 2. The van der Waals surface area contributed by atoms with E-state index in [1.165, 1.54) is 11.3 Å². The molecule has 0 spiro atoms. The molecule has 1 atom stereocenters. The number of aryl methyl sites for hydroxylation is 2. The van der Waals surface area contributed by atoms with E-state index in [0.717, 1.165) is 30.7 Å². The minimum atomic E-state index is -0.101. The molecule has 0 saturated carbocycles. The SMILES string of the molecule is Cc1ncsc1CCC1(C#N)CCCS1. The van der Waals surface area contributed by atoms with E-state index in [4.69, 9.17) is 0 Å². The Morgan fingerprint density at radius 1 is 1.67 bits per heavy atom. The Morgan fingerprint density at radius 3 is 3.07 bits per heavy atom. The van der Waals surface area contributed by atoms with E-state index in [1.54, 1.807) is 11.3 Å². The third kappa shape index (κ3) is 2.35. The van der Waals surface area contributed by atoms with E-state index in [0.29, 0.717) is 0 Å². The topological polar surface area (TPSA) is 36.7 Å². The lowest BCUT2D eigenvalue weighted by atomic mass is 9.98. The van der Waals surface area contributed by atoms with Gasteiger partial charge in [-0.3, -0.25) is 0 Å². The van der Waals surface area contributed by atoms with E-state index in [-0.39, 0.29) is 4.75 Å². The van der Waals surface area contributed by atoms with E-state index >= 15 is 0 Å². The molecule has 1 aromatic rings. The maximum absolute atomic E-state index is 9.23. The van der Waals surface area contributed by atoms with Crippen LogP contribution in [0.2, 0.25) is 0 Å². The largest absolute Gasteiger partial charge is 0.250 e. The van der Waals surface area contributed by atoms with E-state index in [9.17, 15) is 5.26 Å². The van der Waals surface area contributed by atoms with Gasteiger partial charge in [-0.25, -0.2) is 4.98 Å². The second-order valence-electron chi connectivity index (χ2n) is 3.92. The van der Waals surface area contributed by atoms with Gasteiger partial charge in [-0.1, -0.05) is 0 Å². The molecule has 1 aliphatic rings. The zero-order valence-corrected chi connectivity index (χ0v) is 10.5. The highest BCUT2D eigenvalue weighted by molar-refractivity contribution is 8.01. The van der Waals surface area contributed by atoms with Crippen LogP contribution in [0.5, 0.6) is 0 Å². The van der Waals surface area contributed by atoms with E-state index in [1.807, 2.05) is 24.2 Å². The Kier molecular flexibility index (Phi) is 3.32. The summed E-state index contributed by atoms with van der Waals surface area (Å²) in [6.45, 7) is 2.05. The molecule has 15 heavy (non-hydrogen) atoms. The lowest BCUT2D eigenvalue weighted by molar-refractivity contribution is 0.623. The molecular weight excluding hydrogens is 224 g/mol. The average Bonchev–Trinajstić information content (AvgIpc) is 2.85. The van der Waals surface area contributed by atoms with E-state index in [2.05, 4.69) is 11.1 Å². The highest BCUT2D eigenvalue weighted by atomic mass is 32.2. The van der Waals surface area contributed by atoms with Gasteiger partial charge in [-0.2, -0.15) is 5.26 Å². The molecule has 0 amide bonds. The molecule has 2 nitrogen and oxygen atoms in total.